The number of carboxylic acids is 1. The molecule has 100 valence electrons. The normalized spacial score (nSPS) is 22.1. The van der Waals surface area contributed by atoms with Crippen LogP contribution in [-0.4, -0.2) is 23.7 Å². The van der Waals surface area contributed by atoms with Gasteiger partial charge in [0.15, 0.2) is 0 Å². The number of halogens is 1. The molecule has 1 saturated heterocycles. The highest BCUT2D eigenvalue weighted by Gasteiger charge is 2.29. The van der Waals surface area contributed by atoms with Crippen LogP contribution < -0.4 is 4.90 Å². The molecule has 0 amide bonds. The molecular weight excluding hydrogens is 306 g/mol. The van der Waals surface area contributed by atoms with Gasteiger partial charge in [0, 0.05) is 28.3 Å². The van der Waals surface area contributed by atoms with Crippen molar-refractivity contribution < 1.29 is 9.90 Å². The lowest BCUT2D eigenvalue weighted by molar-refractivity contribution is -0.132. The maximum absolute atomic E-state index is 11.4. The maximum atomic E-state index is 11.4. The zero-order valence-corrected chi connectivity index (χ0v) is 12.2. The smallest absolute Gasteiger partial charge is 0.331 e. The van der Waals surface area contributed by atoms with Gasteiger partial charge in [0.1, 0.15) is 0 Å². The number of nitrogens with zero attached hydrogens (tertiary/aromatic N) is 1. The van der Waals surface area contributed by atoms with Crippen molar-refractivity contribution in [2.75, 3.05) is 11.4 Å². The largest absolute Gasteiger partial charge is 0.478 e. The Morgan fingerprint density at radius 2 is 2.21 bits per heavy atom. The SMILES string of the molecule is O=C(O)C1=Cc2cc(Br)ccc2N2CCCCC2C1. The predicted molar refractivity (Wildman–Crippen MR) is 79.4 cm³/mol. The van der Waals surface area contributed by atoms with E-state index in [0.717, 1.165) is 23.0 Å². The Bertz CT molecular complexity index is 553. The first-order chi connectivity index (χ1) is 9.15. The van der Waals surface area contributed by atoms with Crippen LogP contribution >= 0.6 is 15.9 Å². The Hall–Kier alpha value is -1.29. The first-order valence-corrected chi connectivity index (χ1v) is 7.44. The van der Waals surface area contributed by atoms with E-state index in [9.17, 15) is 9.90 Å². The van der Waals surface area contributed by atoms with Crippen LogP contribution in [0.1, 0.15) is 31.2 Å². The number of fused-ring (bicyclic) bond motifs is 3. The Morgan fingerprint density at radius 1 is 1.37 bits per heavy atom. The van der Waals surface area contributed by atoms with Gasteiger partial charge in [0.2, 0.25) is 0 Å². The number of hydrogen-bond donors (Lipinski definition) is 1. The average Bonchev–Trinajstić information content (AvgIpc) is 2.54. The van der Waals surface area contributed by atoms with E-state index in [1.807, 2.05) is 18.2 Å². The summed E-state index contributed by atoms with van der Waals surface area (Å²) in [4.78, 5) is 13.8. The summed E-state index contributed by atoms with van der Waals surface area (Å²) >= 11 is 3.47. The third kappa shape index (κ3) is 2.41. The summed E-state index contributed by atoms with van der Waals surface area (Å²) in [5.41, 5.74) is 2.70. The van der Waals surface area contributed by atoms with Crippen LogP contribution in [0.15, 0.2) is 28.2 Å². The van der Waals surface area contributed by atoms with E-state index in [2.05, 4.69) is 26.9 Å². The molecule has 1 atom stereocenters. The summed E-state index contributed by atoms with van der Waals surface area (Å²) in [6.07, 6.45) is 5.94. The topological polar surface area (TPSA) is 40.5 Å². The van der Waals surface area contributed by atoms with Crippen LogP contribution in [0.4, 0.5) is 5.69 Å². The molecule has 1 unspecified atom stereocenters. The van der Waals surface area contributed by atoms with Crippen molar-refractivity contribution in [3.8, 4) is 0 Å². The van der Waals surface area contributed by atoms with Crippen LogP contribution in [0.5, 0.6) is 0 Å². The number of aliphatic carboxylic acids is 1. The number of piperidine rings is 1. The van der Waals surface area contributed by atoms with Gasteiger partial charge in [-0.05, 0) is 55.5 Å². The summed E-state index contributed by atoms with van der Waals surface area (Å²) in [6.45, 7) is 1.03. The van der Waals surface area contributed by atoms with E-state index in [1.165, 1.54) is 18.5 Å². The van der Waals surface area contributed by atoms with Gasteiger partial charge in [-0.15, -0.1) is 0 Å². The molecule has 19 heavy (non-hydrogen) atoms. The molecule has 0 aliphatic carbocycles. The first kappa shape index (κ1) is 12.7. The fourth-order valence-electron chi connectivity index (χ4n) is 3.08. The van der Waals surface area contributed by atoms with Crippen LogP contribution in [-0.2, 0) is 4.79 Å². The Morgan fingerprint density at radius 3 is 3.00 bits per heavy atom. The van der Waals surface area contributed by atoms with Gasteiger partial charge < -0.3 is 10.0 Å². The van der Waals surface area contributed by atoms with Crippen molar-refractivity contribution in [1.29, 1.82) is 0 Å². The minimum Gasteiger partial charge on any atom is -0.478 e. The quantitative estimate of drug-likeness (QED) is 0.857. The molecule has 1 aromatic carbocycles. The van der Waals surface area contributed by atoms with Gasteiger partial charge in [-0.3, -0.25) is 0 Å². The molecule has 0 radical (unpaired) electrons. The van der Waals surface area contributed by atoms with Crippen molar-refractivity contribution in [2.45, 2.75) is 31.7 Å². The third-order valence-corrected chi connectivity index (χ3v) is 4.48. The summed E-state index contributed by atoms with van der Waals surface area (Å²) in [5.74, 6) is -0.793. The molecule has 2 aliphatic rings. The van der Waals surface area contributed by atoms with Crippen LogP contribution in [0.25, 0.3) is 6.08 Å². The van der Waals surface area contributed by atoms with E-state index in [-0.39, 0.29) is 0 Å². The van der Waals surface area contributed by atoms with Crippen LogP contribution in [0.3, 0.4) is 0 Å². The third-order valence-electron chi connectivity index (χ3n) is 3.99. The monoisotopic (exact) mass is 321 g/mol. The van der Waals surface area contributed by atoms with Gasteiger partial charge in [-0.1, -0.05) is 15.9 Å². The molecular formula is C15H16BrNO2. The molecule has 0 aromatic heterocycles. The fraction of sp³-hybridized carbons (Fsp3) is 0.400. The van der Waals surface area contributed by atoms with Crippen molar-refractivity contribution in [1.82, 2.24) is 0 Å². The number of hydrogen-bond acceptors (Lipinski definition) is 2. The number of carboxylic acid groups (broad SMARTS) is 1. The lowest BCUT2D eigenvalue weighted by Gasteiger charge is -2.37. The van der Waals surface area contributed by atoms with E-state index in [4.69, 9.17) is 0 Å². The molecule has 3 nitrogen and oxygen atoms in total. The Labute approximate surface area is 121 Å². The van der Waals surface area contributed by atoms with Gasteiger partial charge in [0.25, 0.3) is 0 Å². The van der Waals surface area contributed by atoms with E-state index < -0.39 is 5.97 Å². The molecule has 0 bridgehead atoms. The van der Waals surface area contributed by atoms with E-state index in [1.54, 1.807) is 0 Å². The molecule has 3 rings (SSSR count). The lowest BCUT2D eigenvalue weighted by Crippen LogP contribution is -2.39. The Balaban J connectivity index is 2.11. The van der Waals surface area contributed by atoms with Crippen molar-refractivity contribution >= 4 is 33.7 Å². The number of anilines is 1. The van der Waals surface area contributed by atoms with E-state index >= 15 is 0 Å². The summed E-state index contributed by atoms with van der Waals surface area (Å²) < 4.78 is 0.989. The van der Waals surface area contributed by atoms with E-state index in [0.29, 0.717) is 18.0 Å². The second-order valence-corrected chi connectivity index (χ2v) is 6.14. The lowest BCUT2D eigenvalue weighted by atomic mass is 9.96. The number of benzene rings is 1. The molecule has 1 N–H and O–H groups in total. The number of rotatable bonds is 1. The van der Waals surface area contributed by atoms with Crippen LogP contribution in [0, 0.1) is 0 Å². The van der Waals surface area contributed by atoms with Gasteiger partial charge >= 0.3 is 5.97 Å². The Kier molecular flexibility index (Phi) is 3.35. The molecule has 2 aliphatic heterocycles. The highest BCUT2D eigenvalue weighted by atomic mass is 79.9. The zero-order chi connectivity index (χ0) is 13.4. The molecule has 2 heterocycles. The second kappa shape index (κ2) is 5.00. The molecule has 1 aromatic rings. The molecule has 4 heteroatoms. The standard InChI is InChI=1S/C15H16BrNO2/c16-12-4-5-14-10(8-12)7-11(15(18)19)9-13-3-1-2-6-17(13)14/h4-5,7-8,13H,1-3,6,9H2,(H,18,19). The molecule has 0 saturated carbocycles. The maximum Gasteiger partial charge on any atom is 0.331 e. The average molecular weight is 322 g/mol. The van der Waals surface area contributed by atoms with Crippen molar-refractivity contribution in [3.05, 3.63) is 33.8 Å². The molecule has 0 spiro atoms. The zero-order valence-electron chi connectivity index (χ0n) is 10.6. The van der Waals surface area contributed by atoms with Gasteiger partial charge in [-0.25, -0.2) is 4.79 Å². The van der Waals surface area contributed by atoms with Crippen LogP contribution in [0.2, 0.25) is 0 Å². The highest BCUT2D eigenvalue weighted by molar-refractivity contribution is 9.10. The summed E-state index contributed by atoms with van der Waals surface area (Å²) in [7, 11) is 0. The summed E-state index contributed by atoms with van der Waals surface area (Å²) in [5, 5.41) is 9.35. The van der Waals surface area contributed by atoms with Gasteiger partial charge in [0.05, 0.1) is 0 Å². The predicted octanol–water partition coefficient (Wildman–Crippen LogP) is 3.68. The second-order valence-electron chi connectivity index (χ2n) is 5.22. The number of carbonyl (C=O) groups is 1. The minimum atomic E-state index is -0.793. The first-order valence-electron chi connectivity index (χ1n) is 6.65. The van der Waals surface area contributed by atoms with Gasteiger partial charge in [-0.2, -0.15) is 0 Å². The van der Waals surface area contributed by atoms with Crippen molar-refractivity contribution in [3.63, 3.8) is 0 Å². The fourth-order valence-corrected chi connectivity index (χ4v) is 3.46. The van der Waals surface area contributed by atoms with Crippen molar-refractivity contribution in [2.24, 2.45) is 0 Å². The summed E-state index contributed by atoms with van der Waals surface area (Å²) in [6, 6.07) is 6.47. The highest BCUT2D eigenvalue weighted by Crippen LogP contribution is 2.36. The molecule has 1 fully saturated rings. The minimum absolute atomic E-state index is 0.332.